The van der Waals surface area contributed by atoms with E-state index in [2.05, 4.69) is 10.1 Å². The second-order valence-electron chi connectivity index (χ2n) is 9.81. The van der Waals surface area contributed by atoms with Crippen LogP contribution in [0.4, 0.5) is 5.82 Å². The standard InChI is InChI=1S/C29H31N4O7PS/c1-19(28(35)38-17-20-7-3-2-4-8-20)32-41(37,40-23-12-11-21-9-5-6-10-22(21)15-23)39-18-25-24(34)16-27(42-25)33-14-13-26(30)31-29(33)36/h2-15,19,24-25,27,34H,16-18H2,1H3,(H,32,37)(H2,30,31,36)/t19-,24+,25+,27+,41?/m0/s1. The molecule has 3 aromatic carbocycles. The van der Waals surface area contributed by atoms with Crippen LogP contribution in [0.1, 0.15) is 24.3 Å². The predicted octanol–water partition coefficient (Wildman–Crippen LogP) is 4.27. The van der Waals surface area contributed by atoms with Crippen molar-refractivity contribution in [1.82, 2.24) is 14.6 Å². The largest absolute Gasteiger partial charge is 0.460 e. The number of nitrogens with one attached hydrogen (secondary N) is 1. The van der Waals surface area contributed by atoms with Gasteiger partial charge in [0.25, 0.3) is 0 Å². The average Bonchev–Trinajstić information content (AvgIpc) is 3.35. The molecule has 1 fully saturated rings. The number of hydrogen-bond acceptors (Lipinski definition) is 10. The maximum atomic E-state index is 14.1. The first-order valence-corrected chi connectivity index (χ1v) is 15.8. The molecule has 42 heavy (non-hydrogen) atoms. The lowest BCUT2D eigenvalue weighted by molar-refractivity contribution is -0.146. The lowest BCUT2D eigenvalue weighted by atomic mass is 10.1. The number of aliphatic hydroxyl groups is 1. The first-order valence-electron chi connectivity index (χ1n) is 13.3. The summed E-state index contributed by atoms with van der Waals surface area (Å²) in [5.41, 5.74) is 5.87. The lowest BCUT2D eigenvalue weighted by Gasteiger charge is -2.24. The molecule has 5 atom stereocenters. The summed E-state index contributed by atoms with van der Waals surface area (Å²) in [4.78, 5) is 28.8. The molecule has 1 aliphatic rings. The number of ether oxygens (including phenoxy) is 1. The number of carbonyl (C=O) groups excluding carboxylic acids is 1. The normalized spacial score (nSPS) is 20.6. The number of carbonyl (C=O) groups is 1. The van der Waals surface area contributed by atoms with E-state index in [-0.39, 0.29) is 31.2 Å². The van der Waals surface area contributed by atoms with E-state index in [0.717, 1.165) is 16.3 Å². The van der Waals surface area contributed by atoms with Gasteiger partial charge in [-0.3, -0.25) is 13.9 Å². The molecule has 1 aromatic heterocycles. The number of nitrogen functional groups attached to an aromatic ring is 1. The van der Waals surface area contributed by atoms with Gasteiger partial charge in [-0.05, 0) is 41.5 Å². The second-order valence-corrected chi connectivity index (χ2v) is 12.9. The number of nitrogens with zero attached hydrogens (tertiary/aromatic N) is 2. The van der Waals surface area contributed by atoms with Crippen molar-refractivity contribution in [3.63, 3.8) is 0 Å². The third kappa shape index (κ3) is 7.39. The molecule has 0 aliphatic carbocycles. The molecule has 0 saturated carbocycles. The number of fused-ring (bicyclic) bond motifs is 1. The Balaban J connectivity index is 1.30. The van der Waals surface area contributed by atoms with E-state index in [1.165, 1.54) is 35.5 Å². The molecule has 13 heteroatoms. The van der Waals surface area contributed by atoms with E-state index in [4.69, 9.17) is 19.5 Å². The molecule has 0 radical (unpaired) electrons. The third-order valence-corrected chi connectivity index (χ3v) is 9.83. The van der Waals surface area contributed by atoms with Crippen LogP contribution in [0.15, 0.2) is 89.9 Å². The Kier molecular flexibility index (Phi) is 9.30. The van der Waals surface area contributed by atoms with Gasteiger partial charge in [-0.1, -0.05) is 60.7 Å². The van der Waals surface area contributed by atoms with Crippen molar-refractivity contribution in [2.75, 3.05) is 12.3 Å². The fraction of sp³-hybridized carbons (Fsp3) is 0.276. The van der Waals surface area contributed by atoms with E-state index in [1.807, 2.05) is 60.7 Å². The minimum absolute atomic E-state index is 0.0496. The van der Waals surface area contributed by atoms with Gasteiger partial charge in [0.05, 0.1) is 23.3 Å². The number of benzene rings is 3. The molecule has 1 aliphatic heterocycles. The fourth-order valence-electron chi connectivity index (χ4n) is 4.45. The Morgan fingerprint density at radius 1 is 1.14 bits per heavy atom. The van der Waals surface area contributed by atoms with Crippen molar-refractivity contribution in [3.05, 3.63) is 101 Å². The Labute approximate surface area is 246 Å². The van der Waals surface area contributed by atoms with Gasteiger partial charge in [-0.25, -0.2) is 9.36 Å². The van der Waals surface area contributed by atoms with E-state index >= 15 is 0 Å². The molecular formula is C29H31N4O7PS. The summed E-state index contributed by atoms with van der Waals surface area (Å²) in [6.45, 7) is 1.36. The molecule has 0 spiro atoms. The topological polar surface area (TPSA) is 155 Å². The number of rotatable bonds is 11. The zero-order valence-corrected chi connectivity index (χ0v) is 24.4. The minimum Gasteiger partial charge on any atom is -0.460 e. The zero-order chi connectivity index (χ0) is 29.7. The van der Waals surface area contributed by atoms with Crippen LogP contribution < -0.4 is 21.0 Å². The van der Waals surface area contributed by atoms with Crippen molar-refractivity contribution >= 4 is 42.1 Å². The summed E-state index contributed by atoms with van der Waals surface area (Å²) in [5, 5.41) is 14.3. The molecular weight excluding hydrogens is 579 g/mol. The van der Waals surface area contributed by atoms with E-state index < -0.39 is 42.2 Å². The van der Waals surface area contributed by atoms with Gasteiger partial charge < -0.3 is 20.1 Å². The zero-order valence-electron chi connectivity index (χ0n) is 22.7. The minimum atomic E-state index is -4.18. The van der Waals surface area contributed by atoms with Crippen molar-refractivity contribution in [3.8, 4) is 5.75 Å². The predicted molar refractivity (Wildman–Crippen MR) is 161 cm³/mol. The number of nitrogens with two attached hydrogens (primary N) is 1. The highest BCUT2D eigenvalue weighted by molar-refractivity contribution is 8.00. The van der Waals surface area contributed by atoms with Gasteiger partial charge in [0.15, 0.2) is 0 Å². The van der Waals surface area contributed by atoms with Crippen molar-refractivity contribution < 1.29 is 28.3 Å². The van der Waals surface area contributed by atoms with Crippen molar-refractivity contribution in [2.45, 2.75) is 42.7 Å². The monoisotopic (exact) mass is 610 g/mol. The van der Waals surface area contributed by atoms with Crippen LogP contribution in [0.2, 0.25) is 0 Å². The molecule has 4 aromatic rings. The molecule has 11 nitrogen and oxygen atoms in total. The van der Waals surface area contributed by atoms with E-state index in [0.29, 0.717) is 0 Å². The van der Waals surface area contributed by atoms with Crippen LogP contribution in [0, 0.1) is 0 Å². The number of aliphatic hydroxyl groups excluding tert-OH is 1. The van der Waals surface area contributed by atoms with Crippen molar-refractivity contribution in [2.24, 2.45) is 0 Å². The van der Waals surface area contributed by atoms with Crippen molar-refractivity contribution in [1.29, 1.82) is 0 Å². The highest BCUT2D eigenvalue weighted by Crippen LogP contribution is 2.48. The quantitative estimate of drug-likeness (QED) is 0.165. The summed E-state index contributed by atoms with van der Waals surface area (Å²) in [6.07, 6.45) is 0.901. The maximum absolute atomic E-state index is 14.1. The molecule has 220 valence electrons. The Morgan fingerprint density at radius 3 is 2.64 bits per heavy atom. The van der Waals surface area contributed by atoms with Crippen LogP contribution in [-0.2, 0) is 25.2 Å². The van der Waals surface area contributed by atoms with Gasteiger partial charge >= 0.3 is 19.4 Å². The summed E-state index contributed by atoms with van der Waals surface area (Å²) >= 11 is 1.28. The van der Waals surface area contributed by atoms with Gasteiger partial charge in [0.1, 0.15) is 24.2 Å². The van der Waals surface area contributed by atoms with Crippen LogP contribution in [0.25, 0.3) is 10.8 Å². The highest BCUT2D eigenvalue weighted by atomic mass is 32.2. The number of anilines is 1. The number of esters is 1. The Hall–Kier alpha value is -3.67. The van der Waals surface area contributed by atoms with Gasteiger partial charge in [0.2, 0.25) is 0 Å². The lowest BCUT2D eigenvalue weighted by Crippen LogP contribution is -2.36. The molecule has 4 N–H and O–H groups in total. The number of hydrogen-bond donors (Lipinski definition) is 3. The fourth-order valence-corrected chi connectivity index (χ4v) is 7.50. The third-order valence-electron chi connectivity index (χ3n) is 6.65. The second kappa shape index (κ2) is 13.1. The molecule has 0 bridgehead atoms. The Bertz CT molecular complexity index is 1650. The summed E-state index contributed by atoms with van der Waals surface area (Å²) < 4.78 is 32.6. The summed E-state index contributed by atoms with van der Waals surface area (Å²) in [7, 11) is -4.18. The Morgan fingerprint density at radius 2 is 1.88 bits per heavy atom. The summed E-state index contributed by atoms with van der Waals surface area (Å²) in [6, 6.07) is 22.5. The van der Waals surface area contributed by atoms with Gasteiger partial charge in [0, 0.05) is 12.6 Å². The highest BCUT2D eigenvalue weighted by Gasteiger charge is 2.39. The molecule has 2 heterocycles. The molecule has 1 unspecified atom stereocenters. The molecule has 1 saturated heterocycles. The van der Waals surface area contributed by atoms with Gasteiger partial charge in [-0.15, -0.1) is 11.8 Å². The molecule has 0 amide bonds. The van der Waals surface area contributed by atoms with E-state index in [1.54, 1.807) is 12.1 Å². The first kappa shape index (κ1) is 29.8. The number of thioether (sulfide) groups is 1. The van der Waals surface area contributed by atoms with Crippen LogP contribution in [0.3, 0.4) is 0 Å². The SMILES string of the molecule is C[C@H](NP(=O)(OC[C@H]1S[C@@H](n2ccc(N)nc2=O)C[C@H]1O)Oc1ccc2ccccc2c1)C(=O)OCc1ccccc1. The van der Waals surface area contributed by atoms with Crippen LogP contribution in [-0.4, -0.2) is 44.6 Å². The van der Waals surface area contributed by atoms with E-state index in [9.17, 15) is 19.3 Å². The average molecular weight is 611 g/mol. The van der Waals surface area contributed by atoms with Crippen LogP contribution in [0.5, 0.6) is 5.75 Å². The summed E-state index contributed by atoms with van der Waals surface area (Å²) in [5.74, 6) is -0.268. The smallest absolute Gasteiger partial charge is 0.459 e. The van der Waals surface area contributed by atoms with Gasteiger partial charge in [-0.2, -0.15) is 10.1 Å². The molecule has 5 rings (SSSR count). The number of aromatic nitrogens is 2. The van der Waals surface area contributed by atoms with Crippen LogP contribution >= 0.6 is 19.5 Å². The first-order chi connectivity index (χ1) is 20.2. The maximum Gasteiger partial charge on any atom is 0.459 e.